The Hall–Kier alpha value is -1.96. The van der Waals surface area contributed by atoms with Crippen LogP contribution in [0.3, 0.4) is 0 Å². The van der Waals surface area contributed by atoms with Crippen LogP contribution in [-0.2, 0) is 11.3 Å². The highest BCUT2D eigenvalue weighted by Gasteiger charge is 2.12. The minimum atomic E-state index is -1.09. The second kappa shape index (κ2) is 6.99. The van der Waals surface area contributed by atoms with Gasteiger partial charge in [0.1, 0.15) is 0 Å². The van der Waals surface area contributed by atoms with E-state index in [-0.39, 0.29) is 17.1 Å². The first-order valence-corrected chi connectivity index (χ1v) is 6.43. The highest BCUT2D eigenvalue weighted by Crippen LogP contribution is 1.98. The SMILES string of the molecule is CC(C)(C)NC(=O)CCNCCn1cc(C(=O)O)nn1. The van der Waals surface area contributed by atoms with Gasteiger partial charge in [0.2, 0.25) is 5.91 Å². The van der Waals surface area contributed by atoms with E-state index in [1.165, 1.54) is 10.9 Å². The van der Waals surface area contributed by atoms with Gasteiger partial charge in [0.05, 0.1) is 12.7 Å². The Labute approximate surface area is 117 Å². The van der Waals surface area contributed by atoms with E-state index in [4.69, 9.17) is 5.11 Å². The van der Waals surface area contributed by atoms with E-state index in [1.54, 1.807) is 0 Å². The number of hydrogen-bond acceptors (Lipinski definition) is 5. The molecular weight excluding hydrogens is 262 g/mol. The van der Waals surface area contributed by atoms with Crippen molar-refractivity contribution in [3.63, 3.8) is 0 Å². The Kier molecular flexibility index (Phi) is 5.63. The predicted octanol–water partition coefficient (Wildman–Crippen LogP) is -0.129. The van der Waals surface area contributed by atoms with Crippen molar-refractivity contribution < 1.29 is 14.7 Å². The van der Waals surface area contributed by atoms with Crippen molar-refractivity contribution in [2.75, 3.05) is 13.1 Å². The van der Waals surface area contributed by atoms with Gasteiger partial charge in [-0.25, -0.2) is 4.79 Å². The predicted molar refractivity (Wildman–Crippen MR) is 72.4 cm³/mol. The molecule has 0 aliphatic rings. The zero-order valence-electron chi connectivity index (χ0n) is 12.0. The molecule has 0 aliphatic carbocycles. The van der Waals surface area contributed by atoms with E-state index in [1.807, 2.05) is 20.8 Å². The highest BCUT2D eigenvalue weighted by molar-refractivity contribution is 5.84. The Morgan fingerprint density at radius 3 is 2.60 bits per heavy atom. The lowest BCUT2D eigenvalue weighted by atomic mass is 10.1. The van der Waals surface area contributed by atoms with Gasteiger partial charge in [-0.05, 0) is 20.8 Å². The first kappa shape index (κ1) is 16.1. The third kappa shape index (κ3) is 6.28. The van der Waals surface area contributed by atoms with Crippen LogP contribution in [0.2, 0.25) is 0 Å². The van der Waals surface area contributed by atoms with Gasteiger partial charge in [-0.2, -0.15) is 0 Å². The fourth-order valence-electron chi connectivity index (χ4n) is 1.51. The van der Waals surface area contributed by atoms with Gasteiger partial charge in [0.25, 0.3) is 0 Å². The van der Waals surface area contributed by atoms with Gasteiger partial charge in [-0.15, -0.1) is 5.10 Å². The Bertz CT molecular complexity index is 464. The summed E-state index contributed by atoms with van der Waals surface area (Å²) in [4.78, 5) is 22.1. The number of carbonyl (C=O) groups excluding carboxylic acids is 1. The van der Waals surface area contributed by atoms with Crippen LogP contribution >= 0.6 is 0 Å². The minimum absolute atomic E-state index is 0.00100. The molecule has 0 spiro atoms. The maximum atomic E-state index is 11.5. The monoisotopic (exact) mass is 283 g/mol. The lowest BCUT2D eigenvalue weighted by Gasteiger charge is -2.20. The van der Waals surface area contributed by atoms with Crippen LogP contribution in [0.25, 0.3) is 0 Å². The molecule has 20 heavy (non-hydrogen) atoms. The van der Waals surface area contributed by atoms with Crippen LogP contribution in [0.4, 0.5) is 0 Å². The largest absolute Gasteiger partial charge is 0.476 e. The molecule has 1 rings (SSSR count). The summed E-state index contributed by atoms with van der Waals surface area (Å²) in [7, 11) is 0. The molecular formula is C12H21N5O3. The van der Waals surface area contributed by atoms with E-state index >= 15 is 0 Å². The molecule has 0 aromatic carbocycles. The second-order valence-electron chi connectivity index (χ2n) is 5.47. The van der Waals surface area contributed by atoms with E-state index in [0.717, 1.165) is 0 Å². The molecule has 8 heteroatoms. The van der Waals surface area contributed by atoms with Crippen LogP contribution in [0, 0.1) is 0 Å². The number of hydrogen-bond donors (Lipinski definition) is 3. The molecule has 0 aliphatic heterocycles. The standard InChI is InChI=1S/C12H21N5O3/c1-12(2,3)14-10(18)4-5-13-6-7-17-8-9(11(19)20)15-16-17/h8,13H,4-7H2,1-3H3,(H,14,18)(H,19,20). The molecule has 0 radical (unpaired) electrons. The smallest absolute Gasteiger partial charge is 0.358 e. The zero-order chi connectivity index (χ0) is 15.2. The fraction of sp³-hybridized carbons (Fsp3) is 0.667. The zero-order valence-corrected chi connectivity index (χ0v) is 12.0. The van der Waals surface area contributed by atoms with Crippen molar-refractivity contribution in [2.24, 2.45) is 0 Å². The lowest BCUT2D eigenvalue weighted by molar-refractivity contribution is -0.122. The molecule has 3 N–H and O–H groups in total. The lowest BCUT2D eigenvalue weighted by Crippen LogP contribution is -2.41. The third-order valence-electron chi connectivity index (χ3n) is 2.32. The molecule has 0 unspecified atom stereocenters. The number of carboxylic acids is 1. The van der Waals surface area contributed by atoms with Gasteiger partial charge < -0.3 is 15.7 Å². The maximum Gasteiger partial charge on any atom is 0.358 e. The number of carboxylic acid groups (broad SMARTS) is 1. The Balaban J connectivity index is 2.16. The summed E-state index contributed by atoms with van der Waals surface area (Å²) in [6, 6.07) is 0. The molecule has 1 aromatic rings. The number of aromatic carboxylic acids is 1. The van der Waals surface area contributed by atoms with E-state index in [2.05, 4.69) is 20.9 Å². The van der Waals surface area contributed by atoms with Gasteiger partial charge in [-0.3, -0.25) is 9.48 Å². The summed E-state index contributed by atoms with van der Waals surface area (Å²) in [5.74, 6) is -1.10. The Morgan fingerprint density at radius 2 is 2.05 bits per heavy atom. The van der Waals surface area contributed by atoms with Crippen LogP contribution in [-0.4, -0.2) is 50.6 Å². The van der Waals surface area contributed by atoms with Crippen molar-refractivity contribution in [3.05, 3.63) is 11.9 Å². The molecule has 0 atom stereocenters. The minimum Gasteiger partial charge on any atom is -0.476 e. The van der Waals surface area contributed by atoms with Gasteiger partial charge >= 0.3 is 5.97 Å². The summed E-state index contributed by atoms with van der Waals surface area (Å²) in [6.07, 6.45) is 1.77. The van der Waals surface area contributed by atoms with Crippen LogP contribution < -0.4 is 10.6 Å². The summed E-state index contributed by atoms with van der Waals surface area (Å²) < 4.78 is 1.45. The third-order valence-corrected chi connectivity index (χ3v) is 2.32. The van der Waals surface area contributed by atoms with E-state index in [0.29, 0.717) is 26.1 Å². The van der Waals surface area contributed by atoms with Crippen molar-refractivity contribution in [1.29, 1.82) is 0 Å². The summed E-state index contributed by atoms with van der Waals surface area (Å²) in [6.45, 7) is 7.45. The van der Waals surface area contributed by atoms with Gasteiger partial charge in [-0.1, -0.05) is 5.21 Å². The molecule has 0 saturated carbocycles. The topological polar surface area (TPSA) is 109 Å². The number of amides is 1. The summed E-state index contributed by atoms with van der Waals surface area (Å²) in [5.41, 5.74) is -0.292. The van der Waals surface area contributed by atoms with Crippen LogP contribution in [0.15, 0.2) is 6.20 Å². The van der Waals surface area contributed by atoms with Crippen molar-refractivity contribution >= 4 is 11.9 Å². The number of nitrogens with zero attached hydrogens (tertiary/aromatic N) is 3. The Morgan fingerprint density at radius 1 is 1.35 bits per heavy atom. The number of nitrogens with one attached hydrogen (secondary N) is 2. The number of aromatic nitrogens is 3. The number of carbonyl (C=O) groups is 2. The molecule has 1 heterocycles. The number of rotatable bonds is 7. The fourth-order valence-corrected chi connectivity index (χ4v) is 1.51. The molecule has 112 valence electrons. The molecule has 1 aromatic heterocycles. The average molecular weight is 283 g/mol. The molecule has 8 nitrogen and oxygen atoms in total. The average Bonchev–Trinajstić information content (AvgIpc) is 2.75. The summed E-state index contributed by atoms with van der Waals surface area (Å²) in [5, 5.41) is 21.8. The molecule has 0 fully saturated rings. The van der Waals surface area contributed by atoms with E-state index in [9.17, 15) is 9.59 Å². The van der Waals surface area contributed by atoms with Crippen LogP contribution in [0.1, 0.15) is 37.7 Å². The molecule has 0 bridgehead atoms. The normalized spacial score (nSPS) is 11.3. The van der Waals surface area contributed by atoms with Crippen molar-refractivity contribution in [3.8, 4) is 0 Å². The summed E-state index contributed by atoms with van der Waals surface area (Å²) >= 11 is 0. The highest BCUT2D eigenvalue weighted by atomic mass is 16.4. The quantitative estimate of drug-likeness (QED) is 0.601. The van der Waals surface area contributed by atoms with Gasteiger partial charge in [0.15, 0.2) is 5.69 Å². The van der Waals surface area contributed by atoms with Crippen molar-refractivity contribution in [1.82, 2.24) is 25.6 Å². The van der Waals surface area contributed by atoms with E-state index < -0.39 is 5.97 Å². The molecule has 0 saturated heterocycles. The van der Waals surface area contributed by atoms with Gasteiger partial charge in [0, 0.05) is 25.0 Å². The first-order chi connectivity index (χ1) is 9.28. The first-order valence-electron chi connectivity index (χ1n) is 6.43. The molecule has 1 amide bonds. The van der Waals surface area contributed by atoms with Crippen molar-refractivity contribution in [2.45, 2.75) is 39.3 Å². The maximum absolute atomic E-state index is 11.5. The van der Waals surface area contributed by atoms with Crippen LogP contribution in [0.5, 0.6) is 0 Å². The second-order valence-corrected chi connectivity index (χ2v) is 5.47.